The number of ether oxygens (including phenoxy) is 1. The molecular formula is C24H25FO4S. The Kier molecular flexibility index (Phi) is 5.78. The SMILES string of the molecule is CCC(Cc1ccc(F)cc1)C1OC(=O)C(C(c2ccc(C)s2)C2CC2)=C(O)C1=O. The van der Waals surface area contributed by atoms with Gasteiger partial charge in [-0.2, -0.15) is 0 Å². The predicted molar refractivity (Wildman–Crippen MR) is 113 cm³/mol. The molecule has 30 heavy (non-hydrogen) atoms. The van der Waals surface area contributed by atoms with Crippen LogP contribution in [-0.2, 0) is 20.7 Å². The minimum atomic E-state index is -1.03. The van der Waals surface area contributed by atoms with Gasteiger partial charge in [0.2, 0.25) is 5.78 Å². The molecule has 0 spiro atoms. The first-order valence-electron chi connectivity index (χ1n) is 10.4. The third-order valence-electron chi connectivity index (χ3n) is 6.04. The number of thiophene rings is 1. The molecule has 1 aromatic carbocycles. The largest absolute Gasteiger partial charge is 0.504 e. The van der Waals surface area contributed by atoms with Crippen molar-refractivity contribution in [2.75, 3.05) is 0 Å². The quantitative estimate of drug-likeness (QED) is 0.611. The second-order valence-corrected chi connectivity index (χ2v) is 9.53. The zero-order chi connectivity index (χ0) is 21.4. The van der Waals surface area contributed by atoms with Crippen molar-refractivity contribution in [3.8, 4) is 0 Å². The Hall–Kier alpha value is -2.47. The average molecular weight is 429 g/mol. The van der Waals surface area contributed by atoms with Gasteiger partial charge in [0.25, 0.3) is 0 Å². The summed E-state index contributed by atoms with van der Waals surface area (Å²) in [5.41, 5.74) is 0.962. The van der Waals surface area contributed by atoms with E-state index < -0.39 is 23.6 Å². The number of cyclic esters (lactones) is 1. The smallest absolute Gasteiger partial charge is 0.339 e. The monoisotopic (exact) mass is 428 g/mol. The van der Waals surface area contributed by atoms with Crippen LogP contribution in [0.3, 0.4) is 0 Å². The fraction of sp³-hybridized carbons (Fsp3) is 0.417. The molecular weight excluding hydrogens is 403 g/mol. The van der Waals surface area contributed by atoms with Gasteiger partial charge in [-0.1, -0.05) is 19.1 Å². The van der Waals surface area contributed by atoms with Crippen LogP contribution in [-0.4, -0.2) is 23.0 Å². The molecule has 0 radical (unpaired) electrons. The number of aliphatic hydroxyl groups is 1. The van der Waals surface area contributed by atoms with Crippen LogP contribution in [0.15, 0.2) is 47.7 Å². The molecule has 1 N–H and O–H groups in total. The van der Waals surface area contributed by atoms with Crippen molar-refractivity contribution in [2.45, 2.75) is 51.6 Å². The molecule has 3 atom stereocenters. The van der Waals surface area contributed by atoms with Crippen molar-refractivity contribution in [2.24, 2.45) is 11.8 Å². The van der Waals surface area contributed by atoms with Gasteiger partial charge in [-0.3, -0.25) is 4.79 Å². The van der Waals surface area contributed by atoms with Crippen LogP contribution in [0.25, 0.3) is 0 Å². The Balaban J connectivity index is 1.62. The van der Waals surface area contributed by atoms with Crippen molar-refractivity contribution in [1.82, 2.24) is 0 Å². The first-order valence-corrected chi connectivity index (χ1v) is 11.2. The van der Waals surface area contributed by atoms with Gasteiger partial charge in [0.15, 0.2) is 11.9 Å². The number of benzene rings is 1. The van der Waals surface area contributed by atoms with Crippen LogP contribution in [0.4, 0.5) is 4.39 Å². The van der Waals surface area contributed by atoms with E-state index in [0.29, 0.717) is 12.8 Å². The van der Waals surface area contributed by atoms with E-state index in [1.807, 2.05) is 26.0 Å². The number of aliphatic hydroxyl groups excluding tert-OH is 1. The molecule has 2 heterocycles. The van der Waals surface area contributed by atoms with Crippen LogP contribution in [0.5, 0.6) is 0 Å². The maximum absolute atomic E-state index is 13.2. The van der Waals surface area contributed by atoms with E-state index in [1.165, 1.54) is 12.1 Å². The number of hydrogen-bond acceptors (Lipinski definition) is 5. The van der Waals surface area contributed by atoms with E-state index in [1.54, 1.807) is 23.5 Å². The van der Waals surface area contributed by atoms with Gasteiger partial charge in [-0.25, -0.2) is 9.18 Å². The topological polar surface area (TPSA) is 63.6 Å². The molecule has 0 saturated heterocycles. The lowest BCUT2D eigenvalue weighted by atomic mass is 9.83. The summed E-state index contributed by atoms with van der Waals surface area (Å²) in [6, 6.07) is 10.0. The number of carbonyl (C=O) groups is 2. The summed E-state index contributed by atoms with van der Waals surface area (Å²) in [6.07, 6.45) is 1.94. The van der Waals surface area contributed by atoms with Gasteiger partial charge in [0, 0.05) is 21.6 Å². The molecule has 1 aromatic heterocycles. The summed E-state index contributed by atoms with van der Waals surface area (Å²) in [7, 11) is 0. The summed E-state index contributed by atoms with van der Waals surface area (Å²) in [6.45, 7) is 3.90. The number of aryl methyl sites for hydroxylation is 1. The van der Waals surface area contributed by atoms with Gasteiger partial charge in [-0.05, 0) is 68.4 Å². The second kappa shape index (κ2) is 8.34. The van der Waals surface area contributed by atoms with Gasteiger partial charge in [0.05, 0.1) is 5.57 Å². The number of carbonyl (C=O) groups excluding carboxylic acids is 2. The molecule has 2 aliphatic rings. The Morgan fingerprint density at radius 3 is 2.43 bits per heavy atom. The standard InChI is InChI=1S/C24H25FO4S/c1-3-15(12-14-5-9-17(25)10-6-14)23-22(27)21(26)20(24(28)29-23)19(16-7-8-16)18-11-4-13(2)30-18/h4-6,9-11,15-16,19,23,26H,3,7-8,12H2,1-2H3. The van der Waals surface area contributed by atoms with E-state index in [4.69, 9.17) is 4.74 Å². The summed E-state index contributed by atoms with van der Waals surface area (Å²) in [5.74, 6) is -2.24. The summed E-state index contributed by atoms with van der Waals surface area (Å²) in [4.78, 5) is 28.2. The zero-order valence-corrected chi connectivity index (χ0v) is 17.9. The molecule has 1 aliphatic heterocycles. The van der Waals surface area contributed by atoms with Crippen LogP contribution < -0.4 is 0 Å². The van der Waals surface area contributed by atoms with Gasteiger partial charge in [-0.15, -0.1) is 11.3 Å². The highest BCUT2D eigenvalue weighted by molar-refractivity contribution is 7.12. The third-order valence-corrected chi connectivity index (χ3v) is 7.12. The lowest BCUT2D eigenvalue weighted by Gasteiger charge is -2.31. The molecule has 6 heteroatoms. The number of Topliss-reactive ketones (excluding diaryl/α,β-unsaturated/α-hetero) is 1. The van der Waals surface area contributed by atoms with Crippen molar-refractivity contribution in [3.63, 3.8) is 0 Å². The highest BCUT2D eigenvalue weighted by Gasteiger charge is 2.47. The summed E-state index contributed by atoms with van der Waals surface area (Å²) >= 11 is 1.58. The van der Waals surface area contributed by atoms with Crippen molar-refractivity contribution in [1.29, 1.82) is 0 Å². The third kappa shape index (κ3) is 4.06. The van der Waals surface area contributed by atoms with Crippen LogP contribution in [0, 0.1) is 24.6 Å². The van der Waals surface area contributed by atoms with Crippen LogP contribution >= 0.6 is 11.3 Å². The highest BCUT2D eigenvalue weighted by Crippen LogP contribution is 2.50. The Morgan fingerprint density at radius 2 is 1.87 bits per heavy atom. The lowest BCUT2D eigenvalue weighted by Crippen LogP contribution is -2.42. The number of esters is 1. The molecule has 4 nitrogen and oxygen atoms in total. The van der Waals surface area contributed by atoms with Crippen molar-refractivity contribution in [3.05, 3.63) is 68.9 Å². The Bertz CT molecular complexity index is 987. The molecule has 1 aliphatic carbocycles. The van der Waals surface area contributed by atoms with Crippen molar-refractivity contribution < 1.29 is 23.8 Å². The molecule has 4 rings (SSSR count). The maximum Gasteiger partial charge on any atom is 0.339 e. The van der Waals surface area contributed by atoms with Crippen molar-refractivity contribution >= 4 is 23.1 Å². The Morgan fingerprint density at radius 1 is 1.17 bits per heavy atom. The van der Waals surface area contributed by atoms with Gasteiger partial charge >= 0.3 is 5.97 Å². The first kappa shape index (κ1) is 20.8. The first-order chi connectivity index (χ1) is 14.4. The fourth-order valence-electron chi connectivity index (χ4n) is 4.23. The summed E-state index contributed by atoms with van der Waals surface area (Å²) in [5, 5.41) is 10.8. The number of hydrogen-bond donors (Lipinski definition) is 1. The second-order valence-electron chi connectivity index (χ2n) is 8.21. The zero-order valence-electron chi connectivity index (χ0n) is 17.1. The van der Waals surface area contributed by atoms with E-state index in [-0.39, 0.29) is 29.1 Å². The molecule has 2 aromatic rings. The normalized spacial score (nSPS) is 21.5. The number of rotatable bonds is 7. The molecule has 0 bridgehead atoms. The minimum Gasteiger partial charge on any atom is -0.504 e. The molecule has 158 valence electrons. The number of halogens is 1. The van der Waals surface area contributed by atoms with Gasteiger partial charge < -0.3 is 9.84 Å². The van der Waals surface area contributed by atoms with E-state index >= 15 is 0 Å². The van der Waals surface area contributed by atoms with Crippen LogP contribution in [0.1, 0.15) is 47.4 Å². The van der Waals surface area contributed by atoms with E-state index in [9.17, 15) is 19.1 Å². The average Bonchev–Trinajstić information content (AvgIpc) is 3.47. The minimum absolute atomic E-state index is 0.109. The van der Waals surface area contributed by atoms with E-state index in [2.05, 4.69) is 0 Å². The fourth-order valence-corrected chi connectivity index (χ4v) is 5.31. The maximum atomic E-state index is 13.2. The Labute approximate surface area is 179 Å². The molecule has 1 fully saturated rings. The highest BCUT2D eigenvalue weighted by atomic mass is 32.1. The lowest BCUT2D eigenvalue weighted by molar-refractivity contribution is -0.158. The van der Waals surface area contributed by atoms with Gasteiger partial charge in [0.1, 0.15) is 5.82 Å². The number of ketones is 1. The molecule has 0 amide bonds. The predicted octanol–water partition coefficient (Wildman–Crippen LogP) is 5.26. The molecule has 1 saturated carbocycles. The summed E-state index contributed by atoms with van der Waals surface area (Å²) < 4.78 is 18.8. The van der Waals surface area contributed by atoms with E-state index in [0.717, 1.165) is 28.2 Å². The molecule has 3 unspecified atom stereocenters. The van der Waals surface area contributed by atoms with Crippen LogP contribution in [0.2, 0.25) is 0 Å².